The highest BCUT2D eigenvalue weighted by molar-refractivity contribution is 6.69. The summed E-state index contributed by atoms with van der Waals surface area (Å²) in [7, 11) is -1.52. The lowest BCUT2D eigenvalue weighted by Gasteiger charge is -2.63. The number of hydrogen-bond donors (Lipinski definition) is 0. The second-order valence-corrected chi connectivity index (χ2v) is 19.2. The van der Waals surface area contributed by atoms with Gasteiger partial charge in [-0.3, -0.25) is 0 Å². The standard InChI is InChI=1S/C30H56OSi/c1-21(2)12-11-13-22(3)24-15-16-25-23-20-28(31-32(6,7)8)27-14-9-10-18-29(27,4)26(23)17-19-30(24,25)5/h21-28H,9-20H2,1-8H3/t22-,23+,24-,25+,26+,27?,28?,29-,30-/m1/s1. The SMILES string of the molecule is CC(C)CCC[C@@H](C)[C@H]1CC[C@H]2[C@@H]3CC(O[Si](C)(C)C)C4CCCC[C@]4(C)[C@H]3CC[C@]12C. The van der Waals surface area contributed by atoms with Crippen molar-refractivity contribution >= 4 is 8.32 Å². The molecule has 32 heavy (non-hydrogen) atoms. The van der Waals surface area contributed by atoms with Crippen LogP contribution in [0.2, 0.25) is 19.6 Å². The molecule has 4 aliphatic carbocycles. The molecule has 186 valence electrons. The lowest BCUT2D eigenvalue weighted by Crippen LogP contribution is -2.58. The predicted molar refractivity (Wildman–Crippen MR) is 141 cm³/mol. The minimum absolute atomic E-state index is 0.549. The van der Waals surface area contributed by atoms with E-state index in [0.29, 0.717) is 16.9 Å². The van der Waals surface area contributed by atoms with Gasteiger partial charge >= 0.3 is 0 Å². The minimum Gasteiger partial charge on any atom is -0.414 e. The molecule has 0 aliphatic heterocycles. The molecule has 0 saturated heterocycles. The first-order chi connectivity index (χ1) is 15.0. The van der Waals surface area contributed by atoms with Gasteiger partial charge in [0.25, 0.3) is 0 Å². The fourth-order valence-corrected chi connectivity index (χ4v) is 11.1. The average molecular weight is 461 g/mol. The molecular weight excluding hydrogens is 404 g/mol. The minimum atomic E-state index is -1.52. The zero-order chi connectivity index (χ0) is 23.3. The Morgan fingerprint density at radius 1 is 0.812 bits per heavy atom. The van der Waals surface area contributed by atoms with Crippen LogP contribution in [0.5, 0.6) is 0 Å². The van der Waals surface area contributed by atoms with Crippen molar-refractivity contribution in [1.29, 1.82) is 0 Å². The largest absolute Gasteiger partial charge is 0.414 e. The van der Waals surface area contributed by atoms with E-state index in [1.54, 1.807) is 0 Å². The summed E-state index contributed by atoms with van der Waals surface area (Å²) in [4.78, 5) is 0. The van der Waals surface area contributed by atoms with E-state index in [9.17, 15) is 0 Å². The van der Waals surface area contributed by atoms with Crippen LogP contribution in [0.1, 0.15) is 112 Å². The van der Waals surface area contributed by atoms with Crippen LogP contribution in [-0.4, -0.2) is 14.4 Å². The lowest BCUT2D eigenvalue weighted by molar-refractivity contribution is -0.154. The molecule has 9 atom stereocenters. The predicted octanol–water partition coefficient (Wildman–Crippen LogP) is 9.33. The van der Waals surface area contributed by atoms with Gasteiger partial charge in [0.1, 0.15) is 0 Å². The van der Waals surface area contributed by atoms with Gasteiger partial charge in [-0.25, -0.2) is 0 Å². The zero-order valence-electron chi connectivity index (χ0n) is 23.0. The van der Waals surface area contributed by atoms with Gasteiger partial charge in [-0.05, 0) is 117 Å². The molecule has 0 amide bonds. The van der Waals surface area contributed by atoms with Crippen LogP contribution in [0.4, 0.5) is 0 Å². The Morgan fingerprint density at radius 3 is 2.22 bits per heavy atom. The van der Waals surface area contributed by atoms with Crippen molar-refractivity contribution in [3.63, 3.8) is 0 Å². The summed E-state index contributed by atoms with van der Waals surface area (Å²) in [6.07, 6.45) is 18.1. The van der Waals surface area contributed by atoms with Gasteiger partial charge in [0, 0.05) is 6.10 Å². The zero-order valence-corrected chi connectivity index (χ0v) is 24.0. The Morgan fingerprint density at radius 2 is 1.53 bits per heavy atom. The summed E-state index contributed by atoms with van der Waals surface area (Å²) >= 11 is 0. The molecule has 0 aromatic heterocycles. The molecule has 4 fully saturated rings. The molecule has 2 heteroatoms. The van der Waals surface area contributed by atoms with Crippen molar-refractivity contribution in [1.82, 2.24) is 0 Å². The summed E-state index contributed by atoms with van der Waals surface area (Å²) in [5.41, 5.74) is 1.15. The van der Waals surface area contributed by atoms with Crippen LogP contribution in [0.3, 0.4) is 0 Å². The highest BCUT2D eigenvalue weighted by Crippen LogP contribution is 2.68. The van der Waals surface area contributed by atoms with Crippen molar-refractivity contribution < 1.29 is 4.43 Å². The molecule has 0 spiro atoms. The highest BCUT2D eigenvalue weighted by atomic mass is 28.4. The van der Waals surface area contributed by atoms with Crippen molar-refractivity contribution in [2.24, 2.45) is 52.3 Å². The van der Waals surface area contributed by atoms with Gasteiger partial charge in [-0.1, -0.05) is 66.7 Å². The molecule has 4 saturated carbocycles. The topological polar surface area (TPSA) is 9.23 Å². The van der Waals surface area contributed by atoms with Crippen molar-refractivity contribution in [2.75, 3.05) is 0 Å². The third-order valence-corrected chi connectivity index (χ3v) is 12.3. The van der Waals surface area contributed by atoms with Gasteiger partial charge in [0.15, 0.2) is 8.32 Å². The smallest absolute Gasteiger partial charge is 0.184 e. The number of hydrogen-bond acceptors (Lipinski definition) is 1. The third kappa shape index (κ3) is 4.67. The Bertz CT molecular complexity index is 637. The molecule has 0 aromatic carbocycles. The summed E-state index contributed by atoms with van der Waals surface area (Å²) < 4.78 is 7.03. The number of fused-ring (bicyclic) bond motifs is 5. The Labute approximate surface area is 202 Å². The Balaban J connectivity index is 1.54. The third-order valence-electron chi connectivity index (χ3n) is 11.3. The summed E-state index contributed by atoms with van der Waals surface area (Å²) in [5, 5.41) is 0. The molecule has 4 rings (SSSR count). The van der Waals surface area contributed by atoms with Crippen molar-refractivity contribution in [3.05, 3.63) is 0 Å². The van der Waals surface area contributed by atoms with Crippen LogP contribution in [0, 0.1) is 52.3 Å². The Hall–Kier alpha value is 0.177. The van der Waals surface area contributed by atoms with Crippen molar-refractivity contribution in [2.45, 2.75) is 137 Å². The van der Waals surface area contributed by atoms with E-state index in [4.69, 9.17) is 4.43 Å². The van der Waals surface area contributed by atoms with E-state index in [1.165, 1.54) is 77.0 Å². The van der Waals surface area contributed by atoms with E-state index >= 15 is 0 Å². The highest BCUT2D eigenvalue weighted by Gasteiger charge is 2.62. The van der Waals surface area contributed by atoms with Gasteiger partial charge < -0.3 is 4.43 Å². The van der Waals surface area contributed by atoms with E-state index in [2.05, 4.69) is 54.3 Å². The van der Waals surface area contributed by atoms with E-state index in [1.807, 2.05) is 0 Å². The normalized spacial score (nSPS) is 45.3. The monoisotopic (exact) mass is 460 g/mol. The summed E-state index contributed by atoms with van der Waals surface area (Å²) in [6.45, 7) is 20.1. The molecule has 0 N–H and O–H groups in total. The maximum atomic E-state index is 7.03. The van der Waals surface area contributed by atoms with Crippen molar-refractivity contribution in [3.8, 4) is 0 Å². The van der Waals surface area contributed by atoms with Crippen LogP contribution >= 0.6 is 0 Å². The van der Waals surface area contributed by atoms with Crippen LogP contribution in [-0.2, 0) is 4.43 Å². The molecule has 2 unspecified atom stereocenters. The summed E-state index contributed by atoms with van der Waals surface area (Å²) in [5.74, 6) is 6.45. The molecule has 0 radical (unpaired) electrons. The fourth-order valence-electron chi connectivity index (χ4n) is 9.93. The summed E-state index contributed by atoms with van der Waals surface area (Å²) in [6, 6.07) is 0. The maximum Gasteiger partial charge on any atom is 0.184 e. The average Bonchev–Trinajstić information content (AvgIpc) is 3.04. The first-order valence-electron chi connectivity index (χ1n) is 14.6. The number of rotatable bonds is 7. The molecule has 4 aliphatic rings. The van der Waals surface area contributed by atoms with Crippen LogP contribution in [0.15, 0.2) is 0 Å². The maximum absolute atomic E-state index is 7.03. The lowest BCUT2D eigenvalue weighted by atomic mass is 9.44. The van der Waals surface area contributed by atoms with Gasteiger partial charge in [-0.15, -0.1) is 0 Å². The first-order valence-corrected chi connectivity index (χ1v) is 18.0. The van der Waals surface area contributed by atoms with Crippen LogP contribution in [0.25, 0.3) is 0 Å². The Kier molecular flexibility index (Phi) is 7.37. The molecule has 1 nitrogen and oxygen atoms in total. The van der Waals surface area contributed by atoms with E-state index < -0.39 is 8.32 Å². The molecule has 0 heterocycles. The second kappa shape index (κ2) is 9.33. The quantitative estimate of drug-likeness (QED) is 0.344. The second-order valence-electron chi connectivity index (χ2n) is 14.8. The fraction of sp³-hybridized carbons (Fsp3) is 1.00. The molecular formula is C30H56OSi. The van der Waals surface area contributed by atoms with E-state index in [0.717, 1.165) is 41.4 Å². The molecule has 0 bridgehead atoms. The van der Waals surface area contributed by atoms with Gasteiger partial charge in [-0.2, -0.15) is 0 Å². The van der Waals surface area contributed by atoms with Gasteiger partial charge in [0.2, 0.25) is 0 Å². The van der Waals surface area contributed by atoms with E-state index in [-0.39, 0.29) is 0 Å². The van der Waals surface area contributed by atoms with Crippen LogP contribution < -0.4 is 0 Å². The van der Waals surface area contributed by atoms with Gasteiger partial charge in [0.05, 0.1) is 0 Å². The first kappa shape index (κ1) is 25.3. The molecule has 0 aromatic rings.